The first-order valence-electron chi connectivity index (χ1n) is 7.50. The predicted molar refractivity (Wildman–Crippen MR) is 80.5 cm³/mol. The van der Waals surface area contributed by atoms with Crippen molar-refractivity contribution in [2.24, 2.45) is 11.3 Å². The second-order valence-electron chi connectivity index (χ2n) is 6.86. The van der Waals surface area contributed by atoms with Crippen molar-refractivity contribution in [2.45, 2.75) is 52.2 Å². The lowest BCUT2D eigenvalue weighted by atomic mass is 9.70. The van der Waals surface area contributed by atoms with Gasteiger partial charge in [0.1, 0.15) is 6.10 Å². The lowest BCUT2D eigenvalue weighted by molar-refractivity contribution is 0.0472. The molecule has 1 aliphatic carbocycles. The SMILES string of the molecule is CNC1CCC(C(C)(C)C)CC1Oc1ccccc1F. The van der Waals surface area contributed by atoms with Crippen LogP contribution in [0.3, 0.4) is 0 Å². The number of hydrogen-bond donors (Lipinski definition) is 1. The zero-order chi connectivity index (χ0) is 14.8. The molecule has 112 valence electrons. The summed E-state index contributed by atoms with van der Waals surface area (Å²) in [5.41, 5.74) is 0.273. The molecule has 1 aromatic rings. The molecule has 1 aromatic carbocycles. The summed E-state index contributed by atoms with van der Waals surface area (Å²) in [7, 11) is 1.96. The molecule has 0 amide bonds. The Morgan fingerprint density at radius 3 is 2.50 bits per heavy atom. The highest BCUT2D eigenvalue weighted by Gasteiger charge is 2.36. The van der Waals surface area contributed by atoms with E-state index in [1.165, 1.54) is 12.5 Å². The highest BCUT2D eigenvalue weighted by atomic mass is 19.1. The van der Waals surface area contributed by atoms with Crippen molar-refractivity contribution in [2.75, 3.05) is 7.05 Å². The number of hydrogen-bond acceptors (Lipinski definition) is 2. The van der Waals surface area contributed by atoms with Crippen LogP contribution < -0.4 is 10.1 Å². The summed E-state index contributed by atoms with van der Waals surface area (Å²) in [6, 6.07) is 6.97. The van der Waals surface area contributed by atoms with E-state index in [1.54, 1.807) is 12.1 Å². The van der Waals surface area contributed by atoms with Crippen molar-refractivity contribution in [1.29, 1.82) is 0 Å². The summed E-state index contributed by atoms with van der Waals surface area (Å²) >= 11 is 0. The van der Waals surface area contributed by atoms with Gasteiger partial charge in [-0.25, -0.2) is 4.39 Å². The first kappa shape index (κ1) is 15.3. The van der Waals surface area contributed by atoms with Crippen LogP contribution in [-0.4, -0.2) is 19.2 Å². The standard InChI is InChI=1S/C17H26FNO/c1-17(2,3)12-9-10-14(19-4)16(11-12)20-15-8-6-5-7-13(15)18/h5-8,12,14,16,19H,9-11H2,1-4H3. The molecule has 0 aliphatic heterocycles. The van der Waals surface area contributed by atoms with Crippen LogP contribution in [0.2, 0.25) is 0 Å². The van der Waals surface area contributed by atoms with Crippen molar-refractivity contribution in [1.82, 2.24) is 5.32 Å². The van der Waals surface area contributed by atoms with Gasteiger partial charge in [-0.1, -0.05) is 32.9 Å². The Morgan fingerprint density at radius 2 is 1.90 bits per heavy atom. The van der Waals surface area contributed by atoms with Gasteiger partial charge in [0, 0.05) is 6.04 Å². The van der Waals surface area contributed by atoms with E-state index in [9.17, 15) is 4.39 Å². The normalized spacial score (nSPS) is 27.4. The van der Waals surface area contributed by atoms with E-state index in [4.69, 9.17) is 4.74 Å². The average molecular weight is 279 g/mol. The minimum absolute atomic E-state index is 0.0369. The fourth-order valence-electron chi connectivity index (χ4n) is 3.08. The molecule has 3 atom stereocenters. The van der Waals surface area contributed by atoms with Crippen LogP contribution in [0.15, 0.2) is 24.3 Å². The maximum absolute atomic E-state index is 13.8. The van der Waals surface area contributed by atoms with Crippen LogP contribution in [0.5, 0.6) is 5.75 Å². The number of para-hydroxylation sites is 1. The first-order valence-corrected chi connectivity index (χ1v) is 7.50. The van der Waals surface area contributed by atoms with Gasteiger partial charge < -0.3 is 10.1 Å². The molecule has 3 heteroatoms. The van der Waals surface area contributed by atoms with E-state index in [2.05, 4.69) is 26.1 Å². The third-order valence-corrected chi connectivity index (χ3v) is 4.50. The Balaban J connectivity index is 2.12. The fourth-order valence-corrected chi connectivity index (χ4v) is 3.08. The van der Waals surface area contributed by atoms with Crippen molar-refractivity contribution >= 4 is 0 Å². The lowest BCUT2D eigenvalue weighted by Crippen LogP contribution is -2.47. The minimum atomic E-state index is -0.278. The van der Waals surface area contributed by atoms with Crippen molar-refractivity contribution in [3.8, 4) is 5.75 Å². The number of benzene rings is 1. The Bertz CT molecular complexity index is 441. The second kappa shape index (κ2) is 6.13. The van der Waals surface area contributed by atoms with Gasteiger partial charge in [-0.15, -0.1) is 0 Å². The maximum Gasteiger partial charge on any atom is 0.165 e. The molecule has 0 aromatic heterocycles. The summed E-state index contributed by atoms with van der Waals surface area (Å²) in [5.74, 6) is 0.705. The molecule has 1 aliphatic rings. The lowest BCUT2D eigenvalue weighted by Gasteiger charge is -2.41. The number of rotatable bonds is 3. The Morgan fingerprint density at radius 1 is 1.20 bits per heavy atom. The van der Waals surface area contributed by atoms with Gasteiger partial charge in [0.2, 0.25) is 0 Å². The maximum atomic E-state index is 13.8. The van der Waals surface area contributed by atoms with E-state index in [0.29, 0.717) is 17.7 Å². The van der Waals surface area contributed by atoms with Gasteiger partial charge >= 0.3 is 0 Å². The van der Waals surface area contributed by atoms with E-state index in [0.717, 1.165) is 12.8 Å². The van der Waals surface area contributed by atoms with E-state index in [-0.39, 0.29) is 17.3 Å². The molecule has 1 fully saturated rings. The van der Waals surface area contributed by atoms with E-state index < -0.39 is 0 Å². The number of likely N-dealkylation sites (N-methyl/N-ethyl adjacent to an activating group) is 1. The molecule has 0 bridgehead atoms. The van der Waals surface area contributed by atoms with Crippen LogP contribution in [0, 0.1) is 17.2 Å². The fraction of sp³-hybridized carbons (Fsp3) is 0.647. The third-order valence-electron chi connectivity index (χ3n) is 4.50. The molecule has 2 nitrogen and oxygen atoms in total. The molecule has 1 N–H and O–H groups in total. The third kappa shape index (κ3) is 3.51. The molecule has 20 heavy (non-hydrogen) atoms. The van der Waals surface area contributed by atoms with Crippen molar-refractivity contribution in [3.05, 3.63) is 30.1 Å². The molecule has 2 rings (SSSR count). The number of halogens is 1. The number of nitrogens with one attached hydrogen (secondary N) is 1. The molecule has 3 unspecified atom stereocenters. The molecule has 0 radical (unpaired) electrons. The predicted octanol–water partition coefficient (Wildman–Crippen LogP) is 4.01. The van der Waals surface area contributed by atoms with Gasteiger partial charge in [0.15, 0.2) is 11.6 Å². The van der Waals surface area contributed by atoms with Crippen LogP contribution >= 0.6 is 0 Å². The molecule has 0 saturated heterocycles. The van der Waals surface area contributed by atoms with Gasteiger partial charge in [-0.05, 0) is 49.8 Å². The summed E-state index contributed by atoms with van der Waals surface area (Å²) in [5, 5.41) is 3.32. The van der Waals surface area contributed by atoms with Crippen molar-refractivity contribution in [3.63, 3.8) is 0 Å². The molecule has 0 heterocycles. The van der Waals surface area contributed by atoms with Crippen LogP contribution in [0.4, 0.5) is 4.39 Å². The van der Waals surface area contributed by atoms with E-state index >= 15 is 0 Å². The monoisotopic (exact) mass is 279 g/mol. The minimum Gasteiger partial charge on any atom is -0.486 e. The quantitative estimate of drug-likeness (QED) is 0.902. The van der Waals surface area contributed by atoms with Gasteiger partial charge in [0.25, 0.3) is 0 Å². The summed E-state index contributed by atoms with van der Waals surface area (Å²) in [6.07, 6.45) is 3.29. The van der Waals surface area contributed by atoms with E-state index in [1.807, 2.05) is 13.1 Å². The van der Waals surface area contributed by atoms with Crippen LogP contribution in [0.25, 0.3) is 0 Å². The summed E-state index contributed by atoms with van der Waals surface area (Å²) < 4.78 is 19.7. The summed E-state index contributed by atoms with van der Waals surface area (Å²) in [4.78, 5) is 0. The Labute approximate surface area is 121 Å². The second-order valence-corrected chi connectivity index (χ2v) is 6.86. The molecule has 0 spiro atoms. The highest BCUT2D eigenvalue weighted by molar-refractivity contribution is 5.24. The largest absolute Gasteiger partial charge is 0.486 e. The smallest absolute Gasteiger partial charge is 0.165 e. The van der Waals surface area contributed by atoms with Gasteiger partial charge in [-0.3, -0.25) is 0 Å². The van der Waals surface area contributed by atoms with Crippen LogP contribution in [0.1, 0.15) is 40.0 Å². The van der Waals surface area contributed by atoms with Gasteiger partial charge in [-0.2, -0.15) is 0 Å². The van der Waals surface area contributed by atoms with Crippen LogP contribution in [-0.2, 0) is 0 Å². The van der Waals surface area contributed by atoms with Gasteiger partial charge in [0.05, 0.1) is 0 Å². The number of ether oxygens (including phenoxy) is 1. The zero-order valence-corrected chi connectivity index (χ0v) is 12.9. The Hall–Kier alpha value is -1.09. The topological polar surface area (TPSA) is 21.3 Å². The Kier molecular flexibility index (Phi) is 4.69. The molecular weight excluding hydrogens is 253 g/mol. The summed E-state index contributed by atoms with van der Waals surface area (Å²) in [6.45, 7) is 6.83. The molecule has 1 saturated carbocycles. The highest BCUT2D eigenvalue weighted by Crippen LogP contribution is 2.39. The average Bonchev–Trinajstić information content (AvgIpc) is 2.40. The first-order chi connectivity index (χ1) is 9.41. The van der Waals surface area contributed by atoms with Crippen molar-refractivity contribution < 1.29 is 9.13 Å². The molecular formula is C17H26FNO. The zero-order valence-electron chi connectivity index (χ0n) is 12.9.